The minimum absolute atomic E-state index is 0.317. The number of halogens is 1. The summed E-state index contributed by atoms with van der Waals surface area (Å²) >= 11 is 3.48. The average Bonchev–Trinajstić information content (AvgIpc) is 2.87. The number of alkyl halides is 1. The van der Waals surface area contributed by atoms with Crippen molar-refractivity contribution in [3.05, 3.63) is 35.4 Å². The Morgan fingerprint density at radius 2 is 2.11 bits per heavy atom. The fourth-order valence-electron chi connectivity index (χ4n) is 2.61. The van der Waals surface area contributed by atoms with Gasteiger partial charge in [-0.05, 0) is 37.7 Å². The fraction of sp³-hybridized carbons (Fsp3) is 0.562. The predicted octanol–water partition coefficient (Wildman–Crippen LogP) is 3.56. The molecule has 1 aromatic carbocycles. The Kier molecular flexibility index (Phi) is 5.44. The van der Waals surface area contributed by atoms with Gasteiger partial charge in [0, 0.05) is 24.8 Å². The molecule has 19 heavy (non-hydrogen) atoms. The van der Waals surface area contributed by atoms with Gasteiger partial charge >= 0.3 is 0 Å². The summed E-state index contributed by atoms with van der Waals surface area (Å²) in [6, 6.07) is 8.48. The number of rotatable bonds is 5. The molecule has 1 saturated heterocycles. The lowest BCUT2D eigenvalue weighted by Crippen LogP contribution is -2.28. The zero-order chi connectivity index (χ0) is 13.7. The first kappa shape index (κ1) is 14.6. The Morgan fingerprint density at radius 1 is 1.37 bits per heavy atom. The second-order valence-corrected chi connectivity index (χ2v) is 6.25. The lowest BCUT2D eigenvalue weighted by Gasteiger charge is -2.16. The van der Waals surface area contributed by atoms with Crippen molar-refractivity contribution in [1.29, 1.82) is 0 Å². The van der Waals surface area contributed by atoms with Gasteiger partial charge in [0.05, 0.1) is 0 Å². The van der Waals surface area contributed by atoms with E-state index in [0.717, 1.165) is 24.8 Å². The van der Waals surface area contributed by atoms with E-state index in [-0.39, 0.29) is 0 Å². The van der Waals surface area contributed by atoms with Crippen molar-refractivity contribution in [1.82, 2.24) is 4.90 Å². The molecule has 1 heterocycles. The molecule has 104 valence electrons. The summed E-state index contributed by atoms with van der Waals surface area (Å²) in [5.41, 5.74) is 2.53. The van der Waals surface area contributed by atoms with Crippen LogP contribution in [0.5, 0.6) is 0 Å². The highest BCUT2D eigenvalue weighted by molar-refractivity contribution is 9.09. The number of aryl methyl sites for hydroxylation is 2. The van der Waals surface area contributed by atoms with Crippen LogP contribution in [0.15, 0.2) is 24.3 Å². The average molecular weight is 324 g/mol. The maximum absolute atomic E-state index is 12.1. The highest BCUT2D eigenvalue weighted by Gasteiger charge is 2.25. The molecular weight excluding hydrogens is 302 g/mol. The Bertz CT molecular complexity index is 415. The molecule has 0 aliphatic carbocycles. The SMILES string of the molecule is Cc1ccc(CCC(=O)N2CCC(CCBr)C2)cc1. The van der Waals surface area contributed by atoms with Crippen LogP contribution in [0, 0.1) is 12.8 Å². The number of hydrogen-bond donors (Lipinski definition) is 0. The minimum atomic E-state index is 0.317. The summed E-state index contributed by atoms with van der Waals surface area (Å²) in [7, 11) is 0. The molecular formula is C16H22BrNO. The van der Waals surface area contributed by atoms with Crippen LogP contribution in [0.1, 0.15) is 30.4 Å². The normalized spacial score (nSPS) is 18.8. The standard InChI is InChI=1S/C16H22BrNO/c1-13-2-4-14(5-3-13)6-7-16(19)18-11-9-15(12-18)8-10-17/h2-5,15H,6-12H2,1H3. The Balaban J connectivity index is 1.77. The molecule has 1 atom stereocenters. The van der Waals surface area contributed by atoms with Crippen LogP contribution in [-0.2, 0) is 11.2 Å². The predicted molar refractivity (Wildman–Crippen MR) is 82.6 cm³/mol. The van der Waals surface area contributed by atoms with Crippen molar-refractivity contribution in [3.63, 3.8) is 0 Å². The van der Waals surface area contributed by atoms with Gasteiger partial charge in [0.15, 0.2) is 0 Å². The first-order valence-corrected chi connectivity index (χ1v) is 8.20. The van der Waals surface area contributed by atoms with Crippen molar-refractivity contribution in [2.24, 2.45) is 5.92 Å². The highest BCUT2D eigenvalue weighted by Crippen LogP contribution is 2.21. The van der Waals surface area contributed by atoms with Crippen LogP contribution in [-0.4, -0.2) is 29.2 Å². The molecule has 0 spiro atoms. The topological polar surface area (TPSA) is 20.3 Å². The monoisotopic (exact) mass is 323 g/mol. The molecule has 1 aromatic rings. The van der Waals surface area contributed by atoms with Crippen LogP contribution in [0.25, 0.3) is 0 Å². The molecule has 1 fully saturated rings. The third-order valence-corrected chi connectivity index (χ3v) is 4.36. The number of hydrogen-bond acceptors (Lipinski definition) is 1. The van der Waals surface area contributed by atoms with E-state index in [1.54, 1.807) is 0 Å². The van der Waals surface area contributed by atoms with Gasteiger partial charge in [-0.2, -0.15) is 0 Å². The van der Waals surface area contributed by atoms with Crippen LogP contribution < -0.4 is 0 Å². The number of carbonyl (C=O) groups excluding carboxylic acids is 1. The number of likely N-dealkylation sites (tertiary alicyclic amines) is 1. The second-order valence-electron chi connectivity index (χ2n) is 5.46. The Morgan fingerprint density at radius 3 is 2.79 bits per heavy atom. The van der Waals surface area contributed by atoms with E-state index in [1.165, 1.54) is 24.0 Å². The third kappa shape index (κ3) is 4.34. The first-order chi connectivity index (χ1) is 9.19. The first-order valence-electron chi connectivity index (χ1n) is 7.08. The molecule has 1 amide bonds. The maximum Gasteiger partial charge on any atom is 0.222 e. The van der Waals surface area contributed by atoms with Gasteiger partial charge in [-0.1, -0.05) is 45.8 Å². The molecule has 1 aliphatic heterocycles. The number of amides is 1. The zero-order valence-electron chi connectivity index (χ0n) is 11.6. The molecule has 0 N–H and O–H groups in total. The minimum Gasteiger partial charge on any atom is -0.342 e. The van der Waals surface area contributed by atoms with Gasteiger partial charge in [-0.25, -0.2) is 0 Å². The maximum atomic E-state index is 12.1. The largest absolute Gasteiger partial charge is 0.342 e. The van der Waals surface area contributed by atoms with Crippen molar-refractivity contribution in [2.75, 3.05) is 18.4 Å². The number of benzene rings is 1. The summed E-state index contributed by atoms with van der Waals surface area (Å²) in [6.07, 6.45) is 3.85. The van der Waals surface area contributed by atoms with Crippen molar-refractivity contribution < 1.29 is 4.79 Å². The summed E-state index contributed by atoms with van der Waals surface area (Å²) < 4.78 is 0. The summed E-state index contributed by atoms with van der Waals surface area (Å²) in [5.74, 6) is 1.01. The smallest absolute Gasteiger partial charge is 0.222 e. The van der Waals surface area contributed by atoms with Crippen molar-refractivity contribution >= 4 is 21.8 Å². The molecule has 1 aliphatic rings. The molecule has 0 bridgehead atoms. The number of carbonyl (C=O) groups is 1. The quantitative estimate of drug-likeness (QED) is 0.759. The molecule has 0 saturated carbocycles. The van der Waals surface area contributed by atoms with Gasteiger partial charge < -0.3 is 4.90 Å². The Hall–Kier alpha value is -0.830. The van der Waals surface area contributed by atoms with Crippen LogP contribution in [0.4, 0.5) is 0 Å². The van der Waals surface area contributed by atoms with Gasteiger partial charge in [-0.15, -0.1) is 0 Å². The van der Waals surface area contributed by atoms with Gasteiger partial charge in [0.25, 0.3) is 0 Å². The van der Waals surface area contributed by atoms with E-state index < -0.39 is 0 Å². The van der Waals surface area contributed by atoms with E-state index in [4.69, 9.17) is 0 Å². The third-order valence-electron chi connectivity index (χ3n) is 3.90. The van der Waals surface area contributed by atoms with E-state index in [0.29, 0.717) is 18.2 Å². The number of nitrogens with zero attached hydrogens (tertiary/aromatic N) is 1. The molecule has 1 unspecified atom stereocenters. The van der Waals surface area contributed by atoms with Crippen LogP contribution in [0.3, 0.4) is 0 Å². The molecule has 3 heteroatoms. The Labute approximate surface area is 124 Å². The summed E-state index contributed by atoms with van der Waals surface area (Å²) in [5, 5.41) is 1.04. The summed E-state index contributed by atoms with van der Waals surface area (Å²) in [4.78, 5) is 14.2. The second kappa shape index (κ2) is 7.09. The molecule has 0 radical (unpaired) electrons. The molecule has 2 nitrogen and oxygen atoms in total. The molecule has 0 aromatic heterocycles. The fourth-order valence-corrected chi connectivity index (χ4v) is 3.26. The lowest BCUT2D eigenvalue weighted by atomic mass is 10.1. The zero-order valence-corrected chi connectivity index (χ0v) is 13.2. The van der Waals surface area contributed by atoms with E-state index in [1.807, 2.05) is 4.90 Å². The van der Waals surface area contributed by atoms with Crippen LogP contribution >= 0.6 is 15.9 Å². The van der Waals surface area contributed by atoms with E-state index >= 15 is 0 Å². The van der Waals surface area contributed by atoms with Gasteiger partial charge in [0.1, 0.15) is 0 Å². The lowest BCUT2D eigenvalue weighted by molar-refractivity contribution is -0.130. The van der Waals surface area contributed by atoms with E-state index in [2.05, 4.69) is 47.1 Å². The van der Waals surface area contributed by atoms with Crippen LogP contribution in [0.2, 0.25) is 0 Å². The molecule has 2 rings (SSSR count). The van der Waals surface area contributed by atoms with Crippen molar-refractivity contribution in [3.8, 4) is 0 Å². The van der Waals surface area contributed by atoms with Gasteiger partial charge in [0.2, 0.25) is 5.91 Å². The van der Waals surface area contributed by atoms with Gasteiger partial charge in [-0.3, -0.25) is 4.79 Å². The summed E-state index contributed by atoms with van der Waals surface area (Å²) in [6.45, 7) is 3.99. The highest BCUT2D eigenvalue weighted by atomic mass is 79.9. The van der Waals surface area contributed by atoms with E-state index in [9.17, 15) is 4.79 Å². The van der Waals surface area contributed by atoms with Crippen molar-refractivity contribution in [2.45, 2.75) is 32.6 Å².